The second-order valence-electron chi connectivity index (χ2n) is 7.07. The average molecular weight is 445 g/mol. The Kier molecular flexibility index (Phi) is 6.67. The molecule has 0 unspecified atom stereocenters. The molecule has 1 N–H and O–H groups in total. The summed E-state index contributed by atoms with van der Waals surface area (Å²) in [7, 11) is 1.33. The molecule has 1 heterocycles. The molecular formula is C21H20FN3O7. The number of nitro benzene ring substituents is 1. The number of hydrogen-bond acceptors (Lipinski definition) is 7. The van der Waals surface area contributed by atoms with Crippen molar-refractivity contribution >= 4 is 34.8 Å². The van der Waals surface area contributed by atoms with E-state index in [0.717, 1.165) is 6.07 Å². The van der Waals surface area contributed by atoms with Crippen LogP contribution in [0.3, 0.4) is 0 Å². The topological polar surface area (TPSA) is 128 Å². The number of carbonyl (C=O) groups is 3. The van der Waals surface area contributed by atoms with Crippen LogP contribution in [-0.2, 0) is 19.1 Å². The molecule has 1 aliphatic rings. The van der Waals surface area contributed by atoms with Crippen molar-refractivity contribution in [2.24, 2.45) is 5.92 Å². The summed E-state index contributed by atoms with van der Waals surface area (Å²) in [4.78, 5) is 48.7. The molecule has 0 bridgehead atoms. The summed E-state index contributed by atoms with van der Waals surface area (Å²) < 4.78 is 24.3. The van der Waals surface area contributed by atoms with Gasteiger partial charge < -0.3 is 19.7 Å². The number of amides is 2. The van der Waals surface area contributed by atoms with Crippen molar-refractivity contribution in [2.45, 2.75) is 19.4 Å². The van der Waals surface area contributed by atoms with Gasteiger partial charge in [0.2, 0.25) is 5.91 Å². The Balaban J connectivity index is 1.64. The Morgan fingerprint density at radius 2 is 2.00 bits per heavy atom. The standard InChI is InChI=1S/C21H20FN3O7/c1-12(20(27)23-16-10-14(25(29)30)7-8-18(16)31-2)32-21(28)13-9-19(26)24(11-13)17-6-4-3-5-15(17)22/h3-8,10,12-13H,9,11H2,1-2H3,(H,23,27)/t12-,13+/m0/s1. The van der Waals surface area contributed by atoms with E-state index in [1.165, 1.54) is 49.3 Å². The second-order valence-corrected chi connectivity index (χ2v) is 7.07. The van der Waals surface area contributed by atoms with Gasteiger partial charge in [-0.2, -0.15) is 0 Å². The number of rotatable bonds is 7. The number of esters is 1. The van der Waals surface area contributed by atoms with Crippen LogP contribution in [0.15, 0.2) is 42.5 Å². The summed E-state index contributed by atoms with van der Waals surface area (Å²) in [5.41, 5.74) is -0.156. The number of methoxy groups -OCH3 is 1. The fourth-order valence-corrected chi connectivity index (χ4v) is 3.23. The Bertz CT molecular complexity index is 1080. The lowest BCUT2D eigenvalue weighted by Gasteiger charge is -2.18. The van der Waals surface area contributed by atoms with E-state index in [1.54, 1.807) is 6.07 Å². The number of benzene rings is 2. The van der Waals surface area contributed by atoms with Gasteiger partial charge in [-0.15, -0.1) is 0 Å². The van der Waals surface area contributed by atoms with E-state index < -0.39 is 40.5 Å². The van der Waals surface area contributed by atoms with Crippen molar-refractivity contribution in [1.82, 2.24) is 0 Å². The number of anilines is 2. The van der Waals surface area contributed by atoms with Crippen molar-refractivity contribution in [3.05, 3.63) is 58.4 Å². The van der Waals surface area contributed by atoms with Crippen molar-refractivity contribution in [3.63, 3.8) is 0 Å². The number of halogens is 1. The molecule has 11 heteroatoms. The van der Waals surface area contributed by atoms with Crippen molar-refractivity contribution in [2.75, 3.05) is 23.9 Å². The second kappa shape index (κ2) is 9.41. The monoisotopic (exact) mass is 445 g/mol. The number of para-hydroxylation sites is 1. The quantitative estimate of drug-likeness (QED) is 0.394. The molecule has 2 atom stereocenters. The maximum atomic E-state index is 14.0. The van der Waals surface area contributed by atoms with Gasteiger partial charge in [0.1, 0.15) is 11.6 Å². The summed E-state index contributed by atoms with van der Waals surface area (Å²) in [5, 5.41) is 13.4. The van der Waals surface area contributed by atoms with Crippen LogP contribution in [0.25, 0.3) is 0 Å². The van der Waals surface area contributed by atoms with Crippen molar-refractivity contribution < 1.29 is 33.2 Å². The summed E-state index contributed by atoms with van der Waals surface area (Å²) in [6, 6.07) is 9.37. The smallest absolute Gasteiger partial charge is 0.312 e. The fourth-order valence-electron chi connectivity index (χ4n) is 3.23. The minimum absolute atomic E-state index is 0.0383. The van der Waals surface area contributed by atoms with E-state index in [0.29, 0.717) is 0 Å². The van der Waals surface area contributed by atoms with E-state index >= 15 is 0 Å². The molecule has 32 heavy (non-hydrogen) atoms. The third-order valence-electron chi connectivity index (χ3n) is 4.92. The van der Waals surface area contributed by atoms with Crippen LogP contribution in [0.4, 0.5) is 21.5 Å². The van der Waals surface area contributed by atoms with Gasteiger partial charge >= 0.3 is 5.97 Å². The first-order valence-corrected chi connectivity index (χ1v) is 9.60. The molecule has 3 rings (SSSR count). The Morgan fingerprint density at radius 3 is 2.66 bits per heavy atom. The SMILES string of the molecule is COc1ccc([N+](=O)[O-])cc1NC(=O)[C@H](C)OC(=O)[C@@H]1CC(=O)N(c2ccccc2F)C1. The molecular weight excluding hydrogens is 425 g/mol. The normalized spacial score (nSPS) is 16.4. The fraction of sp³-hybridized carbons (Fsp3) is 0.286. The molecule has 2 amide bonds. The molecule has 168 valence electrons. The number of ether oxygens (including phenoxy) is 2. The lowest BCUT2D eigenvalue weighted by molar-refractivity contribution is -0.384. The Morgan fingerprint density at radius 1 is 1.28 bits per heavy atom. The molecule has 0 radical (unpaired) electrons. The van der Waals surface area contributed by atoms with Gasteiger partial charge in [-0.3, -0.25) is 24.5 Å². The summed E-state index contributed by atoms with van der Waals surface area (Å²) in [6.45, 7) is 1.24. The van der Waals surface area contributed by atoms with Crippen LogP contribution in [-0.4, -0.2) is 42.5 Å². The zero-order valence-electron chi connectivity index (χ0n) is 17.2. The molecule has 2 aromatic rings. The van der Waals surface area contributed by atoms with E-state index in [9.17, 15) is 28.9 Å². The first-order valence-electron chi connectivity index (χ1n) is 9.60. The molecule has 2 aromatic carbocycles. The molecule has 1 fully saturated rings. The van der Waals surface area contributed by atoms with Crippen molar-refractivity contribution in [1.29, 1.82) is 0 Å². The molecule has 0 aromatic heterocycles. The highest BCUT2D eigenvalue weighted by Gasteiger charge is 2.38. The minimum Gasteiger partial charge on any atom is -0.495 e. The first-order chi connectivity index (χ1) is 15.2. The maximum absolute atomic E-state index is 14.0. The number of carbonyl (C=O) groups excluding carboxylic acids is 3. The van der Waals surface area contributed by atoms with Crippen LogP contribution < -0.4 is 15.0 Å². The predicted molar refractivity (Wildman–Crippen MR) is 111 cm³/mol. The van der Waals surface area contributed by atoms with Gasteiger partial charge in [0.05, 0.1) is 29.3 Å². The number of non-ortho nitro benzene ring substituents is 1. The highest BCUT2D eigenvalue weighted by Crippen LogP contribution is 2.30. The zero-order valence-corrected chi connectivity index (χ0v) is 17.2. The molecule has 10 nitrogen and oxygen atoms in total. The van der Waals surface area contributed by atoms with Gasteiger partial charge in [-0.1, -0.05) is 12.1 Å². The van der Waals surface area contributed by atoms with E-state index in [-0.39, 0.29) is 35.8 Å². The van der Waals surface area contributed by atoms with Crippen LogP contribution in [0.5, 0.6) is 5.75 Å². The molecule has 0 saturated carbocycles. The van der Waals surface area contributed by atoms with E-state index in [2.05, 4.69) is 5.32 Å². The van der Waals surface area contributed by atoms with Crippen LogP contribution in [0, 0.1) is 21.8 Å². The van der Waals surface area contributed by atoms with E-state index in [4.69, 9.17) is 9.47 Å². The average Bonchev–Trinajstić information content (AvgIpc) is 3.15. The first kappa shape index (κ1) is 22.7. The number of hydrogen-bond donors (Lipinski definition) is 1. The van der Waals surface area contributed by atoms with Crippen molar-refractivity contribution in [3.8, 4) is 5.75 Å². The lowest BCUT2D eigenvalue weighted by Crippen LogP contribution is -2.33. The summed E-state index contributed by atoms with van der Waals surface area (Å²) in [6.07, 6.45) is -1.44. The zero-order chi connectivity index (χ0) is 23.4. The van der Waals surface area contributed by atoms with Gasteiger partial charge in [-0.05, 0) is 25.1 Å². The predicted octanol–water partition coefficient (Wildman–Crippen LogP) is 2.67. The molecule has 0 aliphatic carbocycles. The molecule has 1 aliphatic heterocycles. The highest BCUT2D eigenvalue weighted by atomic mass is 19.1. The van der Waals surface area contributed by atoms with Crippen LogP contribution in [0.1, 0.15) is 13.3 Å². The third kappa shape index (κ3) is 4.82. The lowest BCUT2D eigenvalue weighted by atomic mass is 10.1. The largest absolute Gasteiger partial charge is 0.495 e. The number of nitrogens with one attached hydrogen (secondary N) is 1. The summed E-state index contributed by atoms with van der Waals surface area (Å²) >= 11 is 0. The van der Waals surface area contributed by atoms with Gasteiger partial charge in [0.15, 0.2) is 6.10 Å². The van der Waals surface area contributed by atoms with Crippen LogP contribution in [0.2, 0.25) is 0 Å². The minimum atomic E-state index is -1.26. The molecule has 0 spiro atoms. The van der Waals surface area contributed by atoms with Gasteiger partial charge in [0, 0.05) is 25.1 Å². The Hall–Kier alpha value is -4.02. The van der Waals surface area contributed by atoms with Gasteiger partial charge in [-0.25, -0.2) is 4.39 Å². The molecule has 1 saturated heterocycles. The van der Waals surface area contributed by atoms with Crippen LogP contribution >= 0.6 is 0 Å². The maximum Gasteiger partial charge on any atom is 0.312 e. The summed E-state index contributed by atoms with van der Waals surface area (Å²) in [5.74, 6) is -3.24. The highest BCUT2D eigenvalue weighted by molar-refractivity contribution is 6.00. The number of nitro groups is 1. The van der Waals surface area contributed by atoms with Gasteiger partial charge in [0.25, 0.3) is 11.6 Å². The van der Waals surface area contributed by atoms with E-state index in [1.807, 2.05) is 0 Å². The Labute approximate surface area is 182 Å². The number of nitrogens with zero attached hydrogens (tertiary/aromatic N) is 2. The third-order valence-corrected chi connectivity index (χ3v) is 4.92.